The van der Waals surface area contributed by atoms with Crippen LogP contribution in [-0.2, 0) is 25.5 Å². The van der Waals surface area contributed by atoms with Crippen LogP contribution >= 0.6 is 11.6 Å². The Morgan fingerprint density at radius 1 is 1.10 bits per heavy atom. The lowest BCUT2D eigenvalue weighted by Gasteiger charge is -2.35. The van der Waals surface area contributed by atoms with E-state index in [1.165, 1.54) is 47.3 Å². The van der Waals surface area contributed by atoms with Gasteiger partial charge in [0.25, 0.3) is 5.91 Å². The molecule has 1 aliphatic heterocycles. The molecule has 0 aliphatic carbocycles. The molecule has 3 aromatic carbocycles. The minimum atomic E-state index is -0.938. The number of fused-ring (bicyclic) bond motifs is 1. The van der Waals surface area contributed by atoms with Gasteiger partial charge in [-0.15, -0.1) is 5.10 Å². The van der Waals surface area contributed by atoms with E-state index < -0.39 is 29.6 Å². The third-order valence-corrected chi connectivity index (χ3v) is 7.02. The Balaban J connectivity index is 1.39. The minimum Gasteiger partial charge on any atom is -0.468 e. The number of rotatable bonds is 8. The van der Waals surface area contributed by atoms with Crippen LogP contribution in [0.15, 0.2) is 73.1 Å². The maximum absolute atomic E-state index is 15.0. The number of ether oxygens (including phenoxy) is 1. The molecule has 0 fully saturated rings. The van der Waals surface area contributed by atoms with E-state index in [1.54, 1.807) is 24.3 Å². The summed E-state index contributed by atoms with van der Waals surface area (Å²) in [6.45, 7) is 0.272. The van der Waals surface area contributed by atoms with Crippen molar-refractivity contribution in [3.63, 3.8) is 0 Å². The number of benzene rings is 3. The lowest BCUT2D eigenvalue weighted by molar-refractivity contribution is -0.138. The van der Waals surface area contributed by atoms with Gasteiger partial charge >= 0.3 is 5.97 Å². The monoisotopic (exact) mass is 589 g/mol. The maximum Gasteiger partial charge on any atom is 0.325 e. The fourth-order valence-corrected chi connectivity index (χ4v) is 4.82. The Morgan fingerprint density at radius 3 is 2.60 bits per heavy atom. The first-order chi connectivity index (χ1) is 20.4. The molecule has 2 N–H and O–H groups in total. The average Bonchev–Trinajstić information content (AvgIpc) is 3.55. The van der Waals surface area contributed by atoms with Gasteiger partial charge < -0.3 is 20.3 Å². The Hall–Kier alpha value is -5.10. The first kappa shape index (κ1) is 28.4. The number of tetrazole rings is 1. The summed E-state index contributed by atoms with van der Waals surface area (Å²) in [5, 5.41) is 16.6. The summed E-state index contributed by atoms with van der Waals surface area (Å²) < 4.78 is 20.9. The number of nitrogens with zero attached hydrogens (tertiary/aromatic N) is 5. The Labute approximate surface area is 244 Å². The van der Waals surface area contributed by atoms with Crippen molar-refractivity contribution in [3.8, 4) is 5.69 Å². The van der Waals surface area contributed by atoms with E-state index in [0.717, 1.165) is 5.56 Å². The third-order valence-electron chi connectivity index (χ3n) is 6.73. The number of anilines is 2. The van der Waals surface area contributed by atoms with E-state index in [1.807, 2.05) is 24.3 Å². The number of carbonyl (C=O) groups is 3. The Kier molecular flexibility index (Phi) is 8.53. The first-order valence-electron chi connectivity index (χ1n) is 12.8. The molecule has 0 spiro atoms. The fraction of sp³-hybridized carbons (Fsp3) is 0.172. The molecule has 2 heterocycles. The number of carbonyl (C=O) groups excluding carboxylic acids is 3. The Bertz CT molecular complexity index is 1640. The van der Waals surface area contributed by atoms with E-state index in [0.29, 0.717) is 23.4 Å². The molecule has 214 valence electrons. The molecule has 42 heavy (non-hydrogen) atoms. The lowest BCUT2D eigenvalue weighted by Crippen LogP contribution is -2.44. The quantitative estimate of drug-likeness (QED) is 0.234. The summed E-state index contributed by atoms with van der Waals surface area (Å²) in [6, 6.07) is 16.2. The van der Waals surface area contributed by atoms with Crippen LogP contribution in [0.1, 0.15) is 22.7 Å². The number of hydrogen-bond donors (Lipinski definition) is 2. The summed E-state index contributed by atoms with van der Waals surface area (Å²) in [6.07, 6.45) is 4.35. The van der Waals surface area contributed by atoms with Crippen molar-refractivity contribution >= 4 is 46.8 Å². The second-order valence-corrected chi connectivity index (χ2v) is 9.67. The van der Waals surface area contributed by atoms with Crippen molar-refractivity contribution in [2.75, 3.05) is 30.8 Å². The van der Waals surface area contributed by atoms with Gasteiger partial charge in [0.15, 0.2) is 5.82 Å². The van der Waals surface area contributed by atoms with Crippen LogP contribution in [0.3, 0.4) is 0 Å². The number of aromatic nitrogens is 4. The zero-order chi connectivity index (χ0) is 29.6. The van der Waals surface area contributed by atoms with Gasteiger partial charge in [-0.05, 0) is 70.4 Å². The fourth-order valence-electron chi connectivity index (χ4n) is 4.65. The predicted molar refractivity (Wildman–Crippen MR) is 153 cm³/mol. The van der Waals surface area contributed by atoms with Crippen LogP contribution in [0.25, 0.3) is 11.8 Å². The standard InChI is InChI=1S/C29H25ClFN7O4/c1-42-26(40)16-32-19-6-8-20(9-7-19)34-29(41)28-21-5-3-2-4-18(21)14-15-37(28)25(39)13-10-22-24(38-17-33-35-36-38)12-11-23(30)27(22)31/h2-13,17,28,32H,14-16H2,1H3,(H,34,41)/b13-10+/t28-/m0/s1. The second kappa shape index (κ2) is 12.6. The molecule has 1 atom stereocenters. The van der Waals surface area contributed by atoms with Crippen LogP contribution in [-0.4, -0.2) is 63.1 Å². The molecule has 0 saturated carbocycles. The molecule has 11 nitrogen and oxygen atoms in total. The van der Waals surface area contributed by atoms with E-state index >= 15 is 4.39 Å². The summed E-state index contributed by atoms with van der Waals surface area (Å²) in [7, 11) is 1.30. The van der Waals surface area contributed by atoms with Gasteiger partial charge in [0.05, 0.1) is 17.8 Å². The lowest BCUT2D eigenvalue weighted by atomic mass is 9.91. The summed E-state index contributed by atoms with van der Waals surface area (Å²) in [5.41, 5.74) is 3.12. The van der Waals surface area contributed by atoms with E-state index in [4.69, 9.17) is 11.6 Å². The van der Waals surface area contributed by atoms with Gasteiger partial charge in [-0.2, -0.15) is 4.68 Å². The van der Waals surface area contributed by atoms with Crippen molar-refractivity contribution in [2.45, 2.75) is 12.5 Å². The van der Waals surface area contributed by atoms with E-state index in [2.05, 4.69) is 30.9 Å². The highest BCUT2D eigenvalue weighted by molar-refractivity contribution is 6.31. The molecule has 0 bridgehead atoms. The molecule has 0 unspecified atom stereocenters. The molecule has 0 radical (unpaired) electrons. The minimum absolute atomic E-state index is 0.00194. The average molecular weight is 590 g/mol. The molecule has 0 saturated heterocycles. The molecular formula is C29H25ClFN7O4. The Morgan fingerprint density at radius 2 is 1.86 bits per heavy atom. The highest BCUT2D eigenvalue weighted by atomic mass is 35.5. The summed E-state index contributed by atoms with van der Waals surface area (Å²) in [5.74, 6) is -2.06. The van der Waals surface area contributed by atoms with Gasteiger partial charge in [-0.3, -0.25) is 14.4 Å². The molecular weight excluding hydrogens is 565 g/mol. The van der Waals surface area contributed by atoms with Crippen molar-refractivity contribution in [1.82, 2.24) is 25.1 Å². The number of esters is 1. The molecule has 13 heteroatoms. The van der Waals surface area contributed by atoms with Crippen LogP contribution < -0.4 is 10.6 Å². The summed E-state index contributed by atoms with van der Waals surface area (Å²) >= 11 is 6.01. The van der Waals surface area contributed by atoms with Gasteiger partial charge in [-0.25, -0.2) is 4.39 Å². The highest BCUT2D eigenvalue weighted by Gasteiger charge is 2.35. The topological polar surface area (TPSA) is 131 Å². The SMILES string of the molecule is COC(=O)CNc1ccc(NC(=O)[C@@H]2c3ccccc3CCN2C(=O)/C=C/c2c(-n3cnnn3)ccc(Cl)c2F)cc1. The normalized spacial score (nSPS) is 14.4. The van der Waals surface area contributed by atoms with Crippen LogP contribution in [0.4, 0.5) is 15.8 Å². The zero-order valence-corrected chi connectivity index (χ0v) is 23.1. The van der Waals surface area contributed by atoms with Crippen molar-refractivity contribution in [3.05, 3.63) is 101 Å². The zero-order valence-electron chi connectivity index (χ0n) is 22.3. The van der Waals surface area contributed by atoms with Crippen LogP contribution in [0, 0.1) is 5.82 Å². The number of nitrogens with one attached hydrogen (secondary N) is 2. The van der Waals surface area contributed by atoms with Crippen molar-refractivity contribution in [1.29, 1.82) is 0 Å². The predicted octanol–water partition coefficient (Wildman–Crippen LogP) is 3.82. The number of methoxy groups -OCH3 is 1. The van der Waals surface area contributed by atoms with Gasteiger partial charge in [0.1, 0.15) is 18.9 Å². The molecule has 1 aromatic heterocycles. The smallest absolute Gasteiger partial charge is 0.325 e. The number of halogens is 2. The van der Waals surface area contributed by atoms with Crippen molar-refractivity contribution in [2.24, 2.45) is 0 Å². The molecule has 5 rings (SSSR count). The molecule has 4 aromatic rings. The van der Waals surface area contributed by atoms with E-state index in [9.17, 15) is 14.4 Å². The largest absolute Gasteiger partial charge is 0.468 e. The molecule has 2 amide bonds. The van der Waals surface area contributed by atoms with Crippen LogP contribution in [0.2, 0.25) is 5.02 Å². The first-order valence-corrected chi connectivity index (χ1v) is 13.2. The number of hydrogen-bond acceptors (Lipinski definition) is 8. The van der Waals surface area contributed by atoms with Gasteiger partial charge in [0.2, 0.25) is 5.91 Å². The van der Waals surface area contributed by atoms with Gasteiger partial charge in [-0.1, -0.05) is 35.9 Å². The van der Waals surface area contributed by atoms with Crippen molar-refractivity contribution < 1.29 is 23.5 Å². The second-order valence-electron chi connectivity index (χ2n) is 9.26. The molecule has 1 aliphatic rings. The van der Waals surface area contributed by atoms with Crippen LogP contribution in [0.5, 0.6) is 0 Å². The third kappa shape index (κ3) is 6.13. The van der Waals surface area contributed by atoms with Gasteiger partial charge in [0, 0.05) is 29.6 Å². The van der Waals surface area contributed by atoms with E-state index in [-0.39, 0.29) is 29.4 Å². The highest BCUT2D eigenvalue weighted by Crippen LogP contribution is 2.32. The summed E-state index contributed by atoms with van der Waals surface area (Å²) in [4.78, 5) is 40.0. The maximum atomic E-state index is 15.0. The number of amides is 2.